The topological polar surface area (TPSA) is 97.5 Å². The standard InChI is InChI=1S/C26H38N4O4S.ClH/c1-33-22-9-8-17(16-23(22)34-2)24-19-6-4-5-7-20(19)25(31)30(28-24)18-10-13-29(14-11-18)26(32)21(27)12-15-35-3;/h8-9,16,18-21H,4-7,10-15,27H2,1-3H3;1H/t19-,20+,21+;/m0./s1. The number of thioether (sulfide) groups is 1. The predicted octanol–water partition coefficient (Wildman–Crippen LogP) is 3.55. The average molecular weight is 539 g/mol. The molecule has 2 amide bonds. The van der Waals surface area contributed by atoms with Crippen LogP contribution >= 0.6 is 24.2 Å². The molecule has 1 saturated heterocycles. The second-order valence-corrected chi connectivity index (χ2v) is 10.7. The minimum Gasteiger partial charge on any atom is -0.493 e. The lowest BCUT2D eigenvalue weighted by molar-refractivity contribution is -0.143. The highest BCUT2D eigenvalue weighted by molar-refractivity contribution is 7.98. The van der Waals surface area contributed by atoms with Crippen LogP contribution in [0.15, 0.2) is 23.3 Å². The van der Waals surface area contributed by atoms with Gasteiger partial charge in [-0.25, -0.2) is 5.01 Å². The highest BCUT2D eigenvalue weighted by Crippen LogP contribution is 2.40. The highest BCUT2D eigenvalue weighted by atomic mass is 35.5. The van der Waals surface area contributed by atoms with Crippen molar-refractivity contribution in [2.75, 3.05) is 39.3 Å². The molecule has 1 aromatic rings. The van der Waals surface area contributed by atoms with Gasteiger partial charge < -0.3 is 20.1 Å². The molecule has 0 radical (unpaired) electrons. The molecular formula is C26H39ClN4O4S. The third-order valence-electron chi connectivity index (χ3n) is 7.63. The predicted molar refractivity (Wildman–Crippen MR) is 146 cm³/mol. The SMILES string of the molecule is COc1ccc(C2=NN(C3CCN(C(=O)[C@H](N)CCSC)CC3)C(=O)[C@@H]3CCCC[C@H]23)cc1OC.Cl. The third kappa shape index (κ3) is 5.94. The second-order valence-electron chi connectivity index (χ2n) is 9.68. The van der Waals surface area contributed by atoms with Gasteiger partial charge in [0.05, 0.1) is 32.0 Å². The van der Waals surface area contributed by atoms with Gasteiger partial charge in [0, 0.05) is 30.5 Å². The Bertz CT molecular complexity index is 954. The number of carbonyl (C=O) groups excluding carboxylic acids is 2. The van der Waals surface area contributed by atoms with Crippen LogP contribution in [0.5, 0.6) is 11.5 Å². The van der Waals surface area contributed by atoms with Gasteiger partial charge in [-0.15, -0.1) is 12.4 Å². The van der Waals surface area contributed by atoms with Crippen molar-refractivity contribution in [2.24, 2.45) is 22.7 Å². The number of methoxy groups -OCH3 is 2. The van der Waals surface area contributed by atoms with Crippen LogP contribution in [-0.2, 0) is 9.59 Å². The second kappa shape index (κ2) is 13.0. The van der Waals surface area contributed by atoms with E-state index in [2.05, 4.69) is 0 Å². The van der Waals surface area contributed by atoms with Crippen molar-refractivity contribution in [3.63, 3.8) is 0 Å². The summed E-state index contributed by atoms with van der Waals surface area (Å²) in [6, 6.07) is 5.42. The van der Waals surface area contributed by atoms with Gasteiger partial charge in [0.25, 0.3) is 0 Å². The van der Waals surface area contributed by atoms with Gasteiger partial charge in [0.1, 0.15) is 0 Å². The Morgan fingerprint density at radius 2 is 1.78 bits per heavy atom. The number of nitrogens with zero attached hydrogens (tertiary/aromatic N) is 3. The first kappa shape index (κ1) is 28.6. The van der Waals surface area contributed by atoms with Crippen LogP contribution in [0.4, 0.5) is 0 Å². The number of nitrogens with two attached hydrogens (primary N) is 1. The van der Waals surface area contributed by atoms with E-state index >= 15 is 0 Å². The van der Waals surface area contributed by atoms with E-state index in [1.54, 1.807) is 31.0 Å². The van der Waals surface area contributed by atoms with Crippen molar-refractivity contribution >= 4 is 41.7 Å². The van der Waals surface area contributed by atoms with Crippen molar-refractivity contribution in [1.29, 1.82) is 0 Å². The molecule has 1 aromatic carbocycles. The molecule has 1 saturated carbocycles. The summed E-state index contributed by atoms with van der Waals surface area (Å²) in [6.45, 7) is 1.21. The smallest absolute Gasteiger partial charge is 0.246 e. The van der Waals surface area contributed by atoms with Crippen molar-refractivity contribution in [1.82, 2.24) is 9.91 Å². The molecule has 2 N–H and O–H groups in total. The first-order chi connectivity index (χ1) is 17.0. The lowest BCUT2D eigenvalue weighted by Crippen LogP contribution is -2.54. The molecule has 0 aromatic heterocycles. The van der Waals surface area contributed by atoms with Gasteiger partial charge in [0.15, 0.2) is 11.5 Å². The van der Waals surface area contributed by atoms with Gasteiger partial charge in [-0.2, -0.15) is 16.9 Å². The molecular weight excluding hydrogens is 500 g/mol. The largest absolute Gasteiger partial charge is 0.493 e. The molecule has 3 aliphatic rings. The quantitative estimate of drug-likeness (QED) is 0.543. The van der Waals surface area contributed by atoms with Crippen LogP contribution in [0.1, 0.15) is 50.5 Å². The number of halogens is 1. The molecule has 10 heteroatoms. The van der Waals surface area contributed by atoms with Gasteiger partial charge >= 0.3 is 0 Å². The lowest BCUT2D eigenvalue weighted by atomic mass is 9.73. The fourth-order valence-electron chi connectivity index (χ4n) is 5.63. The maximum Gasteiger partial charge on any atom is 0.246 e. The van der Waals surface area contributed by atoms with E-state index < -0.39 is 6.04 Å². The van der Waals surface area contributed by atoms with Crippen molar-refractivity contribution in [3.8, 4) is 11.5 Å². The van der Waals surface area contributed by atoms with Crippen LogP contribution in [0.3, 0.4) is 0 Å². The van der Waals surface area contributed by atoms with E-state index in [1.165, 1.54) is 0 Å². The van der Waals surface area contributed by atoms with E-state index in [0.717, 1.165) is 42.7 Å². The maximum absolute atomic E-state index is 13.6. The number of rotatable bonds is 8. The molecule has 4 rings (SSSR count). The zero-order valence-corrected chi connectivity index (χ0v) is 23.1. The number of ether oxygens (including phenoxy) is 2. The van der Waals surface area contributed by atoms with E-state index in [1.807, 2.05) is 29.4 Å². The maximum atomic E-state index is 13.6. The normalized spacial score (nSPS) is 23.3. The summed E-state index contributed by atoms with van der Waals surface area (Å²) in [7, 11) is 3.26. The van der Waals surface area contributed by atoms with Gasteiger partial charge in [0.2, 0.25) is 11.8 Å². The van der Waals surface area contributed by atoms with Crippen LogP contribution in [0, 0.1) is 11.8 Å². The Balaban J connectivity index is 0.00000361. The Morgan fingerprint density at radius 1 is 1.11 bits per heavy atom. The number of benzene rings is 1. The Kier molecular flexibility index (Phi) is 10.3. The average Bonchev–Trinajstić information content (AvgIpc) is 2.91. The highest BCUT2D eigenvalue weighted by Gasteiger charge is 2.44. The molecule has 2 heterocycles. The summed E-state index contributed by atoms with van der Waals surface area (Å²) in [5.41, 5.74) is 8.07. The molecule has 2 fully saturated rings. The Labute approximate surface area is 224 Å². The summed E-state index contributed by atoms with van der Waals surface area (Å²) < 4.78 is 11.0. The zero-order chi connectivity index (χ0) is 24.9. The molecule has 1 aliphatic carbocycles. The number of hydrogen-bond donors (Lipinski definition) is 1. The minimum atomic E-state index is -0.451. The van der Waals surface area contributed by atoms with Gasteiger partial charge in [-0.05, 0) is 62.3 Å². The fraction of sp³-hybridized carbons (Fsp3) is 0.654. The molecule has 8 nitrogen and oxygen atoms in total. The van der Waals surface area contributed by atoms with E-state index in [0.29, 0.717) is 43.9 Å². The lowest BCUT2D eigenvalue weighted by Gasteiger charge is -2.43. The van der Waals surface area contributed by atoms with Crippen LogP contribution in [0.2, 0.25) is 0 Å². The Morgan fingerprint density at radius 3 is 2.42 bits per heavy atom. The Hall–Kier alpha value is -1.97. The molecule has 3 atom stereocenters. The first-order valence-corrected chi connectivity index (χ1v) is 14.0. The van der Waals surface area contributed by atoms with E-state index in [-0.39, 0.29) is 42.1 Å². The minimum absolute atomic E-state index is 0. The number of likely N-dealkylation sites (tertiary alicyclic amines) is 1. The number of carbonyl (C=O) groups is 2. The van der Waals surface area contributed by atoms with Crippen molar-refractivity contribution in [3.05, 3.63) is 23.8 Å². The van der Waals surface area contributed by atoms with Crippen molar-refractivity contribution in [2.45, 2.75) is 57.0 Å². The van der Waals surface area contributed by atoms with Crippen molar-refractivity contribution < 1.29 is 19.1 Å². The van der Waals surface area contributed by atoms with E-state index in [9.17, 15) is 9.59 Å². The molecule has 36 heavy (non-hydrogen) atoms. The molecule has 200 valence electrons. The number of fused-ring (bicyclic) bond motifs is 1. The van der Waals surface area contributed by atoms with Crippen LogP contribution in [0.25, 0.3) is 0 Å². The molecule has 0 spiro atoms. The summed E-state index contributed by atoms with van der Waals surface area (Å²) >= 11 is 1.70. The third-order valence-corrected chi connectivity index (χ3v) is 8.27. The number of piperidine rings is 1. The summed E-state index contributed by atoms with van der Waals surface area (Å²) in [6.07, 6.45) is 8.18. The van der Waals surface area contributed by atoms with E-state index in [4.69, 9.17) is 20.3 Å². The number of hydrazone groups is 1. The fourth-order valence-corrected chi connectivity index (χ4v) is 6.12. The first-order valence-electron chi connectivity index (χ1n) is 12.7. The molecule has 0 bridgehead atoms. The van der Waals surface area contributed by atoms with Gasteiger partial charge in [-0.1, -0.05) is 12.8 Å². The molecule has 2 aliphatic heterocycles. The summed E-state index contributed by atoms with van der Waals surface area (Å²) in [5.74, 6) is 2.46. The summed E-state index contributed by atoms with van der Waals surface area (Å²) in [5, 5.41) is 6.73. The van der Waals surface area contributed by atoms with Crippen LogP contribution in [-0.4, -0.2) is 78.8 Å². The van der Waals surface area contributed by atoms with Gasteiger partial charge in [-0.3, -0.25) is 9.59 Å². The van der Waals surface area contributed by atoms with Crippen LogP contribution < -0.4 is 15.2 Å². The zero-order valence-electron chi connectivity index (χ0n) is 21.5. The number of hydrogen-bond acceptors (Lipinski definition) is 7. The molecule has 0 unspecified atom stereocenters. The summed E-state index contributed by atoms with van der Waals surface area (Å²) in [4.78, 5) is 28.2. The monoisotopic (exact) mass is 538 g/mol. The number of amides is 2.